The molecular weight excluding hydrogens is 402 g/mol. The standard InChI is InChI=1S/C23H25N3O3.ClH/c1-14-5-6-15(2)20(10-14)26-22(28)18-8-7-17(11-19(18)23(26)29)21(27)25-13-16-4-3-9-24-12-16;/h5-8,10-11,16,24H,3-4,9,12-13H2,1-2H3,(H,25,27);1H. The number of aryl methyl sites for hydroxylation is 2. The number of anilines is 1. The van der Waals surface area contributed by atoms with Crippen molar-refractivity contribution < 1.29 is 14.4 Å². The molecule has 0 aromatic heterocycles. The lowest BCUT2D eigenvalue weighted by molar-refractivity contribution is 0.0922. The van der Waals surface area contributed by atoms with Crippen LogP contribution in [0.3, 0.4) is 0 Å². The van der Waals surface area contributed by atoms with Crippen molar-refractivity contribution in [2.45, 2.75) is 26.7 Å². The summed E-state index contributed by atoms with van der Waals surface area (Å²) in [5, 5.41) is 6.29. The number of rotatable bonds is 4. The minimum absolute atomic E-state index is 0. The molecule has 1 fully saturated rings. The average molecular weight is 428 g/mol. The van der Waals surface area contributed by atoms with Crippen LogP contribution in [0.15, 0.2) is 36.4 Å². The van der Waals surface area contributed by atoms with Gasteiger partial charge in [0.2, 0.25) is 0 Å². The van der Waals surface area contributed by atoms with E-state index in [0.29, 0.717) is 29.3 Å². The second-order valence-corrected chi connectivity index (χ2v) is 7.92. The van der Waals surface area contributed by atoms with Crippen LogP contribution in [0.1, 0.15) is 55.0 Å². The van der Waals surface area contributed by atoms with E-state index in [9.17, 15) is 14.4 Å². The van der Waals surface area contributed by atoms with Gasteiger partial charge in [-0.15, -0.1) is 12.4 Å². The molecule has 6 nitrogen and oxygen atoms in total. The Bertz CT molecular complexity index is 999. The monoisotopic (exact) mass is 427 g/mol. The number of hydrogen-bond acceptors (Lipinski definition) is 4. The van der Waals surface area contributed by atoms with Gasteiger partial charge in [0.15, 0.2) is 0 Å². The number of nitrogens with one attached hydrogen (secondary N) is 2. The molecule has 2 heterocycles. The molecule has 2 aromatic carbocycles. The molecule has 1 unspecified atom stereocenters. The first-order chi connectivity index (χ1) is 14.0. The summed E-state index contributed by atoms with van der Waals surface area (Å²) < 4.78 is 0. The predicted octanol–water partition coefficient (Wildman–Crippen LogP) is 3.26. The predicted molar refractivity (Wildman–Crippen MR) is 119 cm³/mol. The Labute approximate surface area is 182 Å². The maximum Gasteiger partial charge on any atom is 0.266 e. The minimum Gasteiger partial charge on any atom is -0.352 e. The lowest BCUT2D eigenvalue weighted by Gasteiger charge is -2.22. The zero-order chi connectivity index (χ0) is 20.5. The van der Waals surface area contributed by atoms with E-state index in [1.807, 2.05) is 32.0 Å². The average Bonchev–Trinajstić information content (AvgIpc) is 2.98. The van der Waals surface area contributed by atoms with Gasteiger partial charge in [-0.2, -0.15) is 0 Å². The van der Waals surface area contributed by atoms with E-state index in [0.717, 1.165) is 37.1 Å². The molecule has 7 heteroatoms. The second-order valence-electron chi connectivity index (χ2n) is 7.92. The van der Waals surface area contributed by atoms with Crippen LogP contribution in [-0.4, -0.2) is 37.4 Å². The van der Waals surface area contributed by atoms with Crippen molar-refractivity contribution in [1.29, 1.82) is 0 Å². The van der Waals surface area contributed by atoms with Crippen molar-refractivity contribution in [2.24, 2.45) is 5.92 Å². The van der Waals surface area contributed by atoms with Gasteiger partial charge >= 0.3 is 0 Å². The number of nitrogens with zero attached hydrogens (tertiary/aromatic N) is 1. The largest absolute Gasteiger partial charge is 0.352 e. The molecule has 2 aliphatic rings. The van der Waals surface area contributed by atoms with Crippen molar-refractivity contribution >= 4 is 35.8 Å². The fourth-order valence-electron chi connectivity index (χ4n) is 4.00. The molecule has 0 radical (unpaired) electrons. The third-order valence-corrected chi connectivity index (χ3v) is 5.70. The highest BCUT2D eigenvalue weighted by molar-refractivity contribution is 6.35. The van der Waals surface area contributed by atoms with Crippen molar-refractivity contribution in [3.8, 4) is 0 Å². The number of carbonyl (C=O) groups excluding carboxylic acids is 3. The summed E-state index contributed by atoms with van der Waals surface area (Å²) in [5.41, 5.74) is 3.43. The molecule has 1 saturated heterocycles. The van der Waals surface area contributed by atoms with E-state index in [4.69, 9.17) is 0 Å². The summed E-state index contributed by atoms with van der Waals surface area (Å²) >= 11 is 0. The molecule has 2 aliphatic heterocycles. The first-order valence-electron chi connectivity index (χ1n) is 10.0. The fraction of sp³-hybridized carbons (Fsp3) is 0.348. The van der Waals surface area contributed by atoms with Crippen LogP contribution in [0.4, 0.5) is 5.69 Å². The summed E-state index contributed by atoms with van der Waals surface area (Å²) in [6.45, 7) is 6.33. The van der Waals surface area contributed by atoms with Gasteiger partial charge in [-0.3, -0.25) is 14.4 Å². The molecule has 4 rings (SSSR count). The van der Waals surface area contributed by atoms with E-state index in [-0.39, 0.29) is 35.7 Å². The highest BCUT2D eigenvalue weighted by Gasteiger charge is 2.37. The molecule has 1 atom stereocenters. The van der Waals surface area contributed by atoms with Crippen LogP contribution in [0, 0.1) is 19.8 Å². The third-order valence-electron chi connectivity index (χ3n) is 5.70. The molecule has 2 N–H and O–H groups in total. The third kappa shape index (κ3) is 4.11. The number of fused-ring (bicyclic) bond motifs is 1. The van der Waals surface area contributed by atoms with Gasteiger partial charge in [-0.25, -0.2) is 4.90 Å². The normalized spacial score (nSPS) is 18.1. The summed E-state index contributed by atoms with van der Waals surface area (Å²) in [5.74, 6) is -0.530. The quantitative estimate of drug-likeness (QED) is 0.734. The molecule has 3 amide bonds. The van der Waals surface area contributed by atoms with Gasteiger partial charge in [0.25, 0.3) is 17.7 Å². The van der Waals surface area contributed by atoms with Gasteiger partial charge in [0.1, 0.15) is 0 Å². The Hall–Kier alpha value is -2.70. The SMILES string of the molecule is Cc1ccc(C)c(N2C(=O)c3ccc(C(=O)NCC4CCCNC4)cc3C2=O)c1.Cl. The second kappa shape index (κ2) is 8.98. The molecule has 0 saturated carbocycles. The van der Waals surface area contributed by atoms with E-state index >= 15 is 0 Å². The van der Waals surface area contributed by atoms with Gasteiger partial charge in [0.05, 0.1) is 16.8 Å². The Balaban J connectivity index is 0.00000256. The summed E-state index contributed by atoms with van der Waals surface area (Å²) in [6, 6.07) is 10.4. The number of halogens is 1. The maximum absolute atomic E-state index is 13.0. The van der Waals surface area contributed by atoms with Gasteiger partial charge in [0, 0.05) is 12.1 Å². The molecule has 0 aliphatic carbocycles. The Morgan fingerprint density at radius 1 is 1.10 bits per heavy atom. The zero-order valence-electron chi connectivity index (χ0n) is 17.2. The van der Waals surface area contributed by atoms with Crippen molar-refractivity contribution in [3.05, 3.63) is 64.2 Å². The van der Waals surface area contributed by atoms with Gasteiger partial charge in [-0.1, -0.05) is 12.1 Å². The summed E-state index contributed by atoms with van der Waals surface area (Å²) in [6.07, 6.45) is 2.21. The first-order valence-corrected chi connectivity index (χ1v) is 10.0. The van der Waals surface area contributed by atoms with Gasteiger partial charge in [-0.05, 0) is 81.1 Å². The Morgan fingerprint density at radius 3 is 2.60 bits per heavy atom. The number of amides is 3. The van der Waals surface area contributed by atoms with Crippen LogP contribution >= 0.6 is 12.4 Å². The van der Waals surface area contributed by atoms with Crippen LogP contribution in [0.5, 0.6) is 0 Å². The Morgan fingerprint density at radius 2 is 1.87 bits per heavy atom. The van der Waals surface area contributed by atoms with Gasteiger partial charge < -0.3 is 10.6 Å². The molecule has 2 aromatic rings. The number of benzene rings is 2. The highest BCUT2D eigenvalue weighted by Crippen LogP contribution is 2.31. The van der Waals surface area contributed by atoms with Crippen molar-refractivity contribution in [3.63, 3.8) is 0 Å². The fourth-order valence-corrected chi connectivity index (χ4v) is 4.00. The number of carbonyl (C=O) groups is 3. The van der Waals surface area contributed by atoms with Crippen molar-refractivity contribution in [2.75, 3.05) is 24.5 Å². The Kier molecular flexibility index (Phi) is 6.58. The van der Waals surface area contributed by atoms with E-state index in [1.54, 1.807) is 12.1 Å². The van der Waals surface area contributed by atoms with Crippen LogP contribution < -0.4 is 15.5 Å². The summed E-state index contributed by atoms with van der Waals surface area (Å²) in [4.78, 5) is 39.7. The van der Waals surface area contributed by atoms with Crippen LogP contribution in [0.2, 0.25) is 0 Å². The lowest BCUT2D eigenvalue weighted by Crippen LogP contribution is -2.38. The van der Waals surface area contributed by atoms with E-state index in [2.05, 4.69) is 10.6 Å². The van der Waals surface area contributed by atoms with Crippen LogP contribution in [0.25, 0.3) is 0 Å². The molecule has 158 valence electrons. The maximum atomic E-state index is 13.0. The van der Waals surface area contributed by atoms with E-state index in [1.165, 1.54) is 11.0 Å². The molecular formula is C23H26ClN3O3. The smallest absolute Gasteiger partial charge is 0.266 e. The minimum atomic E-state index is -0.384. The summed E-state index contributed by atoms with van der Waals surface area (Å²) in [7, 11) is 0. The number of piperidine rings is 1. The van der Waals surface area contributed by atoms with Crippen LogP contribution in [-0.2, 0) is 0 Å². The number of imide groups is 1. The molecule has 0 bridgehead atoms. The highest BCUT2D eigenvalue weighted by atomic mass is 35.5. The van der Waals surface area contributed by atoms with Crippen molar-refractivity contribution in [1.82, 2.24) is 10.6 Å². The first kappa shape index (κ1) is 22.0. The van der Waals surface area contributed by atoms with E-state index < -0.39 is 0 Å². The molecule has 0 spiro atoms. The topological polar surface area (TPSA) is 78.5 Å². The molecule has 30 heavy (non-hydrogen) atoms. The zero-order valence-corrected chi connectivity index (χ0v) is 18.0. The number of hydrogen-bond donors (Lipinski definition) is 2. The lowest BCUT2D eigenvalue weighted by atomic mass is 9.99.